The predicted molar refractivity (Wildman–Crippen MR) is 115 cm³/mol. The van der Waals surface area contributed by atoms with Gasteiger partial charge in [0.15, 0.2) is 13.1 Å². The number of carbonyl (C=O) groups excluding carboxylic acids is 2. The molecule has 1 N–H and O–H groups in total. The Kier molecular flexibility index (Phi) is 7.05. The molecule has 30 heavy (non-hydrogen) atoms. The standard InChI is InChI=1S/C23H30N4O3/c1-5-26(6-2)22(28)15-25(4)16-23(29)27-20(21-8-7-13-30-21)14-19(24-27)18-11-9-17(3)10-12-18/h7-13,20H,5-6,14-16H2,1-4H3/p+1/t20-/m1/s1. The molecule has 1 aromatic carbocycles. The van der Waals surface area contributed by atoms with Crippen molar-refractivity contribution in [2.45, 2.75) is 33.2 Å². The minimum Gasteiger partial charge on any atom is -0.467 e. The van der Waals surface area contributed by atoms with E-state index in [1.807, 2.05) is 64.2 Å². The summed E-state index contributed by atoms with van der Waals surface area (Å²) in [5, 5.41) is 6.18. The van der Waals surface area contributed by atoms with Gasteiger partial charge in [0.1, 0.15) is 11.8 Å². The molecule has 1 aliphatic rings. The number of hydrazone groups is 1. The first kappa shape index (κ1) is 21.8. The number of nitrogens with zero attached hydrogens (tertiary/aromatic N) is 3. The number of likely N-dealkylation sites (N-methyl/N-ethyl adjacent to an activating group) is 2. The monoisotopic (exact) mass is 411 g/mol. The third kappa shape index (κ3) is 4.97. The van der Waals surface area contributed by atoms with Gasteiger partial charge in [-0.2, -0.15) is 5.10 Å². The topological polar surface area (TPSA) is 70.6 Å². The molecule has 2 amide bonds. The van der Waals surface area contributed by atoms with Crippen LogP contribution in [0.4, 0.5) is 0 Å². The molecule has 0 radical (unpaired) electrons. The number of benzene rings is 1. The summed E-state index contributed by atoms with van der Waals surface area (Å²) in [6.45, 7) is 7.78. The van der Waals surface area contributed by atoms with Gasteiger partial charge in [0.25, 0.3) is 11.8 Å². The van der Waals surface area contributed by atoms with Crippen LogP contribution in [0.5, 0.6) is 0 Å². The van der Waals surface area contributed by atoms with Crippen LogP contribution >= 0.6 is 0 Å². The van der Waals surface area contributed by atoms with Crippen LogP contribution in [0.25, 0.3) is 0 Å². The SMILES string of the molecule is CCN(CC)C(=O)C[NH+](C)CC(=O)N1N=C(c2ccc(C)cc2)C[C@@H]1c1ccco1. The molecule has 7 nitrogen and oxygen atoms in total. The van der Waals surface area contributed by atoms with Crippen molar-refractivity contribution < 1.29 is 18.9 Å². The Balaban J connectivity index is 1.75. The Morgan fingerprint density at radius 3 is 2.47 bits per heavy atom. The number of aryl methyl sites for hydroxylation is 1. The van der Waals surface area contributed by atoms with Crippen molar-refractivity contribution in [3.8, 4) is 0 Å². The minimum atomic E-state index is -0.268. The summed E-state index contributed by atoms with van der Waals surface area (Å²) in [6.07, 6.45) is 2.21. The Hall–Kier alpha value is -2.93. The lowest BCUT2D eigenvalue weighted by molar-refractivity contribution is -0.863. The third-order valence-corrected chi connectivity index (χ3v) is 5.44. The van der Waals surface area contributed by atoms with Gasteiger partial charge in [-0.05, 0) is 38.5 Å². The smallest absolute Gasteiger partial charge is 0.298 e. The average Bonchev–Trinajstić information content (AvgIpc) is 3.39. The van der Waals surface area contributed by atoms with Gasteiger partial charge in [-0.3, -0.25) is 9.59 Å². The molecule has 7 heteroatoms. The molecule has 0 spiro atoms. The molecule has 1 unspecified atom stereocenters. The van der Waals surface area contributed by atoms with Crippen LogP contribution in [-0.2, 0) is 9.59 Å². The van der Waals surface area contributed by atoms with E-state index in [1.54, 1.807) is 11.2 Å². The number of hydrogen-bond donors (Lipinski definition) is 1. The number of rotatable bonds is 8. The molecule has 0 saturated heterocycles. The molecule has 0 bridgehead atoms. The summed E-state index contributed by atoms with van der Waals surface area (Å²) in [5.41, 5.74) is 3.04. The van der Waals surface area contributed by atoms with Gasteiger partial charge >= 0.3 is 0 Å². The average molecular weight is 412 g/mol. The van der Waals surface area contributed by atoms with Gasteiger partial charge in [0, 0.05) is 19.5 Å². The lowest BCUT2D eigenvalue weighted by Crippen LogP contribution is -3.11. The van der Waals surface area contributed by atoms with E-state index in [9.17, 15) is 9.59 Å². The highest BCUT2D eigenvalue weighted by Crippen LogP contribution is 2.32. The Bertz CT molecular complexity index is 886. The zero-order valence-electron chi connectivity index (χ0n) is 18.2. The number of carbonyl (C=O) groups is 2. The van der Waals surface area contributed by atoms with Crippen molar-refractivity contribution in [2.75, 3.05) is 33.2 Å². The lowest BCUT2D eigenvalue weighted by Gasteiger charge is -2.23. The normalized spacial score (nSPS) is 17.0. The van der Waals surface area contributed by atoms with Crippen LogP contribution < -0.4 is 4.90 Å². The number of furan rings is 1. The van der Waals surface area contributed by atoms with Gasteiger partial charge in [0.2, 0.25) is 0 Å². The van der Waals surface area contributed by atoms with Crippen molar-refractivity contribution >= 4 is 17.5 Å². The van der Waals surface area contributed by atoms with Gasteiger partial charge in [-0.15, -0.1) is 0 Å². The number of nitrogens with one attached hydrogen (secondary N) is 1. The van der Waals surface area contributed by atoms with Crippen LogP contribution in [0.2, 0.25) is 0 Å². The van der Waals surface area contributed by atoms with E-state index >= 15 is 0 Å². The van der Waals surface area contributed by atoms with Gasteiger partial charge < -0.3 is 14.2 Å². The van der Waals surface area contributed by atoms with E-state index in [2.05, 4.69) is 5.10 Å². The van der Waals surface area contributed by atoms with Crippen molar-refractivity contribution in [1.82, 2.24) is 9.91 Å². The summed E-state index contributed by atoms with van der Waals surface area (Å²) in [6, 6.07) is 11.6. The summed E-state index contributed by atoms with van der Waals surface area (Å²) >= 11 is 0. The maximum atomic E-state index is 13.1. The quantitative estimate of drug-likeness (QED) is 0.718. The van der Waals surface area contributed by atoms with Gasteiger partial charge in [-0.25, -0.2) is 5.01 Å². The van der Waals surface area contributed by atoms with Crippen LogP contribution in [0.3, 0.4) is 0 Å². The Labute approximate surface area is 177 Å². The highest BCUT2D eigenvalue weighted by atomic mass is 16.3. The van der Waals surface area contributed by atoms with Crippen molar-refractivity contribution in [3.05, 3.63) is 59.5 Å². The van der Waals surface area contributed by atoms with Crippen molar-refractivity contribution in [1.29, 1.82) is 0 Å². The van der Waals surface area contributed by atoms with Gasteiger partial charge in [-0.1, -0.05) is 29.8 Å². The van der Waals surface area contributed by atoms with Crippen LogP contribution in [0.1, 0.15) is 43.2 Å². The molecular formula is C23H31N4O3+. The molecule has 2 aromatic rings. The first-order valence-electron chi connectivity index (χ1n) is 10.5. The highest BCUT2D eigenvalue weighted by Gasteiger charge is 2.36. The molecule has 2 heterocycles. The molecule has 160 valence electrons. The summed E-state index contributed by atoms with van der Waals surface area (Å²) in [7, 11) is 1.86. The predicted octanol–water partition coefficient (Wildman–Crippen LogP) is 1.65. The fourth-order valence-corrected chi connectivity index (χ4v) is 3.71. The number of amides is 2. The molecule has 3 rings (SSSR count). The first-order chi connectivity index (χ1) is 14.4. The van der Waals surface area contributed by atoms with Gasteiger partial charge in [0.05, 0.1) is 19.0 Å². The summed E-state index contributed by atoms with van der Waals surface area (Å²) in [4.78, 5) is 28.1. The maximum Gasteiger partial charge on any atom is 0.298 e. The Morgan fingerprint density at radius 2 is 1.87 bits per heavy atom. The highest BCUT2D eigenvalue weighted by molar-refractivity contribution is 6.03. The zero-order valence-corrected chi connectivity index (χ0v) is 18.2. The first-order valence-corrected chi connectivity index (χ1v) is 10.5. The summed E-state index contributed by atoms with van der Waals surface area (Å²) < 4.78 is 5.60. The summed E-state index contributed by atoms with van der Waals surface area (Å²) in [5.74, 6) is 0.646. The van der Waals surface area contributed by atoms with Crippen LogP contribution in [0.15, 0.2) is 52.2 Å². The molecule has 2 atom stereocenters. The fourth-order valence-electron chi connectivity index (χ4n) is 3.71. The number of hydrogen-bond acceptors (Lipinski definition) is 4. The van der Waals surface area contributed by atoms with E-state index in [0.717, 1.165) is 16.2 Å². The molecular weight excluding hydrogens is 380 g/mol. The Morgan fingerprint density at radius 1 is 1.17 bits per heavy atom. The number of quaternary nitrogens is 1. The molecule has 1 aliphatic heterocycles. The zero-order chi connectivity index (χ0) is 21.7. The maximum absolute atomic E-state index is 13.1. The largest absolute Gasteiger partial charge is 0.467 e. The van der Waals surface area contributed by atoms with E-state index in [1.165, 1.54) is 10.6 Å². The second-order valence-electron chi connectivity index (χ2n) is 7.76. The molecule has 0 fully saturated rings. The second kappa shape index (κ2) is 9.71. The van der Waals surface area contributed by atoms with E-state index in [0.29, 0.717) is 25.3 Å². The van der Waals surface area contributed by atoms with Crippen molar-refractivity contribution in [3.63, 3.8) is 0 Å². The van der Waals surface area contributed by atoms with Crippen LogP contribution in [0, 0.1) is 6.92 Å². The van der Waals surface area contributed by atoms with Crippen LogP contribution in [-0.4, -0.2) is 60.7 Å². The van der Waals surface area contributed by atoms with E-state index in [-0.39, 0.29) is 30.9 Å². The lowest BCUT2D eigenvalue weighted by atomic mass is 10.0. The molecule has 1 aromatic heterocycles. The van der Waals surface area contributed by atoms with E-state index in [4.69, 9.17) is 4.42 Å². The fraction of sp³-hybridized carbons (Fsp3) is 0.435. The van der Waals surface area contributed by atoms with E-state index < -0.39 is 0 Å². The second-order valence-corrected chi connectivity index (χ2v) is 7.76. The third-order valence-electron chi connectivity index (χ3n) is 5.44. The minimum absolute atomic E-state index is 0.0538. The molecule has 0 saturated carbocycles. The molecule has 0 aliphatic carbocycles. The van der Waals surface area contributed by atoms with Crippen molar-refractivity contribution in [2.24, 2.45) is 5.10 Å².